The molecule has 0 spiro atoms. The van der Waals surface area contributed by atoms with Gasteiger partial charge in [0, 0.05) is 36.5 Å². The number of carbonyl (C=O) groups excluding carboxylic acids is 1. The van der Waals surface area contributed by atoms with Gasteiger partial charge in [-0.25, -0.2) is 0 Å². The largest absolute Gasteiger partial charge is 0.497 e. The van der Waals surface area contributed by atoms with Gasteiger partial charge in [0.15, 0.2) is 0 Å². The summed E-state index contributed by atoms with van der Waals surface area (Å²) in [6.07, 6.45) is 6.20. The third-order valence-electron chi connectivity index (χ3n) is 6.70. The van der Waals surface area contributed by atoms with Crippen LogP contribution in [0, 0.1) is 5.92 Å². The summed E-state index contributed by atoms with van der Waals surface area (Å²) in [5, 5.41) is 0. The number of aromatic nitrogens is 1. The fourth-order valence-corrected chi connectivity index (χ4v) is 5.44. The van der Waals surface area contributed by atoms with Crippen molar-refractivity contribution in [2.75, 3.05) is 26.7 Å². The van der Waals surface area contributed by atoms with Crippen LogP contribution in [0.1, 0.15) is 34.7 Å². The zero-order valence-electron chi connectivity index (χ0n) is 15.6. The summed E-state index contributed by atoms with van der Waals surface area (Å²) in [5.74, 6) is 1.88. The van der Waals surface area contributed by atoms with Crippen molar-refractivity contribution in [1.82, 2.24) is 14.8 Å². The molecule has 3 unspecified atom stereocenters. The molecule has 5 heterocycles. The molecule has 1 aromatic carbocycles. The Morgan fingerprint density at radius 2 is 1.89 bits per heavy atom. The summed E-state index contributed by atoms with van der Waals surface area (Å²) in [4.78, 5) is 22.5. The number of pyridine rings is 1. The highest BCUT2D eigenvalue weighted by Gasteiger charge is 2.54. The van der Waals surface area contributed by atoms with Crippen molar-refractivity contribution in [3.63, 3.8) is 0 Å². The van der Waals surface area contributed by atoms with Gasteiger partial charge in [-0.15, -0.1) is 0 Å². The first-order valence-corrected chi connectivity index (χ1v) is 9.85. The smallest absolute Gasteiger partial charge is 0.254 e. The highest BCUT2D eigenvalue weighted by Crippen LogP contribution is 2.46. The first kappa shape index (κ1) is 16.8. The number of amides is 1. The molecule has 5 heteroatoms. The average molecular weight is 363 g/mol. The summed E-state index contributed by atoms with van der Waals surface area (Å²) in [5.41, 5.74) is 2.00. The van der Waals surface area contributed by atoms with E-state index in [1.54, 1.807) is 7.11 Å². The average Bonchev–Trinajstić information content (AvgIpc) is 3.18. The van der Waals surface area contributed by atoms with Gasteiger partial charge in [0.25, 0.3) is 5.91 Å². The Morgan fingerprint density at radius 1 is 1.11 bits per heavy atom. The number of methoxy groups -OCH3 is 1. The summed E-state index contributed by atoms with van der Waals surface area (Å²) in [7, 11) is 1.65. The Hall–Kier alpha value is -2.40. The summed E-state index contributed by atoms with van der Waals surface area (Å²) < 4.78 is 5.24. The van der Waals surface area contributed by atoms with Crippen LogP contribution in [0.25, 0.3) is 0 Å². The third kappa shape index (κ3) is 2.72. The number of carbonyl (C=O) groups is 1. The minimum absolute atomic E-state index is 0.146. The van der Waals surface area contributed by atoms with Gasteiger partial charge in [0.2, 0.25) is 0 Å². The predicted molar refractivity (Wildman–Crippen MR) is 103 cm³/mol. The SMILES string of the molecule is COc1ccc(C(=O)N2CC(c3cccnc3)C3C2C2CCN3CC2)cc1. The quantitative estimate of drug-likeness (QED) is 0.841. The van der Waals surface area contributed by atoms with Crippen molar-refractivity contribution < 1.29 is 9.53 Å². The van der Waals surface area contributed by atoms with E-state index in [4.69, 9.17) is 4.74 Å². The number of likely N-dealkylation sites (tertiary alicyclic amines) is 1. The number of hydrogen-bond donors (Lipinski definition) is 0. The Balaban J connectivity index is 1.49. The molecule has 0 aliphatic carbocycles. The molecule has 0 saturated carbocycles. The van der Waals surface area contributed by atoms with E-state index in [0.29, 0.717) is 23.9 Å². The van der Waals surface area contributed by atoms with Crippen molar-refractivity contribution in [3.8, 4) is 5.75 Å². The van der Waals surface area contributed by atoms with Gasteiger partial charge >= 0.3 is 0 Å². The normalized spacial score (nSPS) is 31.6. The number of ether oxygens (including phenoxy) is 1. The monoisotopic (exact) mass is 363 g/mol. The molecular formula is C22H25N3O2. The number of hydrogen-bond acceptors (Lipinski definition) is 4. The Morgan fingerprint density at radius 3 is 2.56 bits per heavy atom. The van der Waals surface area contributed by atoms with E-state index < -0.39 is 0 Å². The summed E-state index contributed by atoms with van der Waals surface area (Å²) in [6, 6.07) is 12.4. The topological polar surface area (TPSA) is 45.7 Å². The van der Waals surface area contributed by atoms with Gasteiger partial charge in [-0.3, -0.25) is 14.7 Å². The van der Waals surface area contributed by atoms with Crippen molar-refractivity contribution in [3.05, 3.63) is 59.9 Å². The van der Waals surface area contributed by atoms with Gasteiger partial charge in [0.05, 0.1) is 13.2 Å². The van der Waals surface area contributed by atoms with E-state index in [1.165, 1.54) is 18.4 Å². The maximum Gasteiger partial charge on any atom is 0.254 e. The van der Waals surface area contributed by atoms with Crippen molar-refractivity contribution in [1.29, 1.82) is 0 Å². The number of benzene rings is 1. The standard InChI is InChI=1S/C22H25N3O2/c1-27-18-6-4-16(5-7-18)22(26)25-14-19(17-3-2-10-23-13-17)21-20(25)15-8-11-24(21)12-9-15/h2-7,10,13,15,19-21H,8-9,11-12,14H2,1H3. The van der Waals surface area contributed by atoms with Crippen LogP contribution in [0.4, 0.5) is 0 Å². The van der Waals surface area contributed by atoms with Crippen LogP contribution in [0.2, 0.25) is 0 Å². The van der Waals surface area contributed by atoms with Crippen LogP contribution in [0.5, 0.6) is 5.75 Å². The first-order chi connectivity index (χ1) is 13.3. The third-order valence-corrected chi connectivity index (χ3v) is 6.70. The number of nitrogens with zero attached hydrogens (tertiary/aromatic N) is 3. The van der Waals surface area contributed by atoms with E-state index in [1.807, 2.05) is 42.7 Å². The first-order valence-electron chi connectivity index (χ1n) is 9.85. The second-order valence-electron chi connectivity index (χ2n) is 7.93. The van der Waals surface area contributed by atoms with E-state index in [2.05, 4.69) is 20.9 Å². The molecule has 5 nitrogen and oxygen atoms in total. The molecule has 4 fully saturated rings. The molecule has 27 heavy (non-hydrogen) atoms. The summed E-state index contributed by atoms with van der Waals surface area (Å²) in [6.45, 7) is 3.10. The number of rotatable bonds is 3. The Labute approximate surface area is 159 Å². The van der Waals surface area contributed by atoms with Gasteiger partial charge in [0.1, 0.15) is 5.75 Å². The molecule has 3 atom stereocenters. The molecule has 1 amide bonds. The highest BCUT2D eigenvalue weighted by atomic mass is 16.5. The molecular weight excluding hydrogens is 338 g/mol. The second kappa shape index (κ2) is 6.64. The van der Waals surface area contributed by atoms with Gasteiger partial charge in [-0.05, 0) is 67.7 Å². The molecule has 0 N–H and O–H groups in total. The molecule has 4 aliphatic rings. The summed E-state index contributed by atoms with van der Waals surface area (Å²) >= 11 is 0. The van der Waals surface area contributed by atoms with E-state index in [9.17, 15) is 4.79 Å². The van der Waals surface area contributed by atoms with Gasteiger partial charge in [-0.2, -0.15) is 0 Å². The van der Waals surface area contributed by atoms with Crippen LogP contribution < -0.4 is 4.74 Å². The molecule has 4 aliphatic heterocycles. The molecule has 1 aromatic heterocycles. The minimum Gasteiger partial charge on any atom is -0.497 e. The van der Waals surface area contributed by atoms with Crippen LogP contribution in [0.15, 0.2) is 48.8 Å². The fraction of sp³-hybridized carbons (Fsp3) is 0.455. The predicted octanol–water partition coefficient (Wildman–Crippen LogP) is 2.79. The lowest BCUT2D eigenvalue weighted by molar-refractivity contribution is -0.00342. The Kier molecular flexibility index (Phi) is 4.12. The molecule has 4 saturated heterocycles. The second-order valence-corrected chi connectivity index (χ2v) is 7.93. The maximum absolute atomic E-state index is 13.4. The zero-order valence-corrected chi connectivity index (χ0v) is 15.6. The van der Waals surface area contributed by atoms with E-state index in [0.717, 1.165) is 30.9 Å². The molecule has 2 bridgehead atoms. The number of fused-ring (bicyclic) bond motifs is 2. The van der Waals surface area contributed by atoms with E-state index >= 15 is 0 Å². The van der Waals surface area contributed by atoms with Gasteiger partial charge < -0.3 is 9.64 Å². The van der Waals surface area contributed by atoms with Crippen molar-refractivity contribution in [2.24, 2.45) is 5.92 Å². The van der Waals surface area contributed by atoms with Gasteiger partial charge in [-0.1, -0.05) is 6.07 Å². The lowest BCUT2D eigenvalue weighted by atomic mass is 9.75. The van der Waals surface area contributed by atoms with Crippen molar-refractivity contribution in [2.45, 2.75) is 30.8 Å². The molecule has 2 aromatic rings. The lowest BCUT2D eigenvalue weighted by Crippen LogP contribution is -2.60. The van der Waals surface area contributed by atoms with Crippen LogP contribution >= 0.6 is 0 Å². The fourth-order valence-electron chi connectivity index (χ4n) is 5.44. The van der Waals surface area contributed by atoms with Crippen LogP contribution in [0.3, 0.4) is 0 Å². The maximum atomic E-state index is 13.4. The van der Waals surface area contributed by atoms with Crippen molar-refractivity contribution >= 4 is 5.91 Å². The van der Waals surface area contributed by atoms with Crippen LogP contribution in [-0.2, 0) is 0 Å². The molecule has 140 valence electrons. The van der Waals surface area contributed by atoms with E-state index in [-0.39, 0.29) is 5.91 Å². The highest BCUT2D eigenvalue weighted by molar-refractivity contribution is 5.95. The molecule has 6 rings (SSSR count). The Bertz CT molecular complexity index is 815. The minimum atomic E-state index is 0.146. The lowest BCUT2D eigenvalue weighted by Gasteiger charge is -2.51. The molecule has 0 radical (unpaired) electrons. The number of piperidine rings is 3. The zero-order chi connectivity index (χ0) is 18.4. The van der Waals surface area contributed by atoms with Crippen LogP contribution in [-0.4, -0.2) is 59.5 Å².